The molecule has 0 bridgehead atoms. The Morgan fingerprint density at radius 1 is 1.25 bits per heavy atom. The summed E-state index contributed by atoms with van der Waals surface area (Å²) in [5.74, 6) is 0.623. The van der Waals surface area contributed by atoms with Gasteiger partial charge in [0.05, 0.1) is 12.7 Å². The fraction of sp³-hybridized carbons (Fsp3) is 0.188. The van der Waals surface area contributed by atoms with Gasteiger partial charge in [-0.2, -0.15) is 0 Å². The van der Waals surface area contributed by atoms with E-state index in [1.807, 2.05) is 30.3 Å². The van der Waals surface area contributed by atoms with Crippen LogP contribution in [0.5, 0.6) is 17.2 Å². The third-order valence-corrected chi connectivity index (χ3v) is 3.06. The first-order valence-corrected chi connectivity index (χ1v) is 6.19. The molecule has 2 aromatic carbocycles. The van der Waals surface area contributed by atoms with E-state index < -0.39 is 0 Å². The van der Waals surface area contributed by atoms with Crippen LogP contribution in [0.15, 0.2) is 36.4 Å². The van der Waals surface area contributed by atoms with Gasteiger partial charge in [-0.25, -0.2) is 0 Å². The molecule has 0 aliphatic rings. The quantitative estimate of drug-likeness (QED) is 0.850. The summed E-state index contributed by atoms with van der Waals surface area (Å²) in [6, 6.07) is 11.1. The predicted molar refractivity (Wildman–Crippen MR) is 75.6 cm³/mol. The summed E-state index contributed by atoms with van der Waals surface area (Å²) in [5, 5.41) is 10.1. The Morgan fingerprint density at radius 2 is 1.95 bits per heavy atom. The number of rotatable bonds is 5. The molecule has 4 nitrogen and oxygen atoms in total. The summed E-state index contributed by atoms with van der Waals surface area (Å²) in [4.78, 5) is 11.0. The van der Waals surface area contributed by atoms with Crippen molar-refractivity contribution in [2.75, 3.05) is 7.11 Å². The first kappa shape index (κ1) is 13.9. The SMILES string of the molecule is COc1cc(C=O)c(O)c(OCc2ccccc2)c1C. The Hall–Kier alpha value is -2.49. The molecule has 0 unspecified atom stereocenters. The zero-order valence-corrected chi connectivity index (χ0v) is 11.4. The van der Waals surface area contributed by atoms with Crippen molar-refractivity contribution in [2.24, 2.45) is 0 Å². The molecule has 0 aliphatic heterocycles. The van der Waals surface area contributed by atoms with E-state index in [1.165, 1.54) is 13.2 Å². The fourth-order valence-electron chi connectivity index (χ4n) is 1.95. The molecule has 0 aliphatic carbocycles. The third kappa shape index (κ3) is 2.74. The zero-order valence-electron chi connectivity index (χ0n) is 11.4. The van der Waals surface area contributed by atoms with Crippen LogP contribution in [0.25, 0.3) is 0 Å². The van der Waals surface area contributed by atoms with Gasteiger partial charge in [-0.3, -0.25) is 4.79 Å². The number of aromatic hydroxyl groups is 1. The van der Waals surface area contributed by atoms with Crippen LogP contribution in [0.3, 0.4) is 0 Å². The van der Waals surface area contributed by atoms with Crippen LogP contribution in [0.2, 0.25) is 0 Å². The highest BCUT2D eigenvalue weighted by Gasteiger charge is 2.16. The molecule has 4 heteroatoms. The van der Waals surface area contributed by atoms with E-state index in [2.05, 4.69) is 0 Å². The van der Waals surface area contributed by atoms with E-state index in [9.17, 15) is 9.90 Å². The average Bonchev–Trinajstić information content (AvgIpc) is 2.48. The van der Waals surface area contributed by atoms with Crippen LogP contribution in [0.1, 0.15) is 21.5 Å². The maximum absolute atomic E-state index is 11.0. The third-order valence-electron chi connectivity index (χ3n) is 3.06. The molecule has 104 valence electrons. The number of methoxy groups -OCH3 is 1. The number of hydrogen-bond acceptors (Lipinski definition) is 4. The number of carbonyl (C=O) groups excluding carboxylic acids is 1. The van der Waals surface area contributed by atoms with Crippen LogP contribution in [0.4, 0.5) is 0 Å². The van der Waals surface area contributed by atoms with Gasteiger partial charge in [-0.1, -0.05) is 30.3 Å². The van der Waals surface area contributed by atoms with E-state index in [4.69, 9.17) is 9.47 Å². The number of ether oxygens (including phenoxy) is 2. The second-order valence-corrected chi connectivity index (χ2v) is 4.36. The molecule has 20 heavy (non-hydrogen) atoms. The first-order chi connectivity index (χ1) is 9.67. The summed E-state index contributed by atoms with van der Waals surface area (Å²) >= 11 is 0. The van der Waals surface area contributed by atoms with E-state index in [1.54, 1.807) is 6.92 Å². The van der Waals surface area contributed by atoms with Crippen molar-refractivity contribution in [1.29, 1.82) is 0 Å². The summed E-state index contributed by atoms with van der Waals surface area (Å²) in [7, 11) is 1.51. The topological polar surface area (TPSA) is 55.8 Å². The lowest BCUT2D eigenvalue weighted by Gasteiger charge is -2.15. The number of carbonyl (C=O) groups is 1. The minimum absolute atomic E-state index is 0.149. The monoisotopic (exact) mass is 272 g/mol. The van der Waals surface area contributed by atoms with Gasteiger partial charge in [0.15, 0.2) is 17.8 Å². The molecule has 0 heterocycles. The van der Waals surface area contributed by atoms with Crippen molar-refractivity contribution < 1.29 is 19.4 Å². The molecular weight excluding hydrogens is 256 g/mol. The van der Waals surface area contributed by atoms with Gasteiger partial charge in [-0.05, 0) is 18.6 Å². The second kappa shape index (κ2) is 6.10. The highest BCUT2D eigenvalue weighted by atomic mass is 16.5. The molecule has 0 amide bonds. The van der Waals surface area contributed by atoms with Gasteiger partial charge in [0, 0.05) is 5.56 Å². The molecule has 2 aromatic rings. The van der Waals surface area contributed by atoms with Crippen LogP contribution >= 0.6 is 0 Å². The number of benzene rings is 2. The highest BCUT2D eigenvalue weighted by molar-refractivity contribution is 5.83. The van der Waals surface area contributed by atoms with E-state index in [0.717, 1.165) is 5.56 Å². The number of hydrogen-bond donors (Lipinski definition) is 1. The van der Waals surface area contributed by atoms with Gasteiger partial charge in [0.2, 0.25) is 0 Å². The Bertz CT molecular complexity index is 606. The first-order valence-electron chi connectivity index (χ1n) is 6.19. The summed E-state index contributed by atoms with van der Waals surface area (Å²) < 4.78 is 10.8. The van der Waals surface area contributed by atoms with Gasteiger partial charge in [-0.15, -0.1) is 0 Å². The fourth-order valence-corrected chi connectivity index (χ4v) is 1.95. The van der Waals surface area contributed by atoms with Crippen LogP contribution in [-0.4, -0.2) is 18.5 Å². The number of aldehydes is 1. The van der Waals surface area contributed by atoms with E-state index in [0.29, 0.717) is 24.2 Å². The Labute approximate surface area is 117 Å². The smallest absolute Gasteiger partial charge is 0.168 e. The van der Waals surface area contributed by atoms with Crippen molar-refractivity contribution in [3.05, 3.63) is 53.1 Å². The lowest BCUT2D eigenvalue weighted by Crippen LogP contribution is -2.00. The van der Waals surface area contributed by atoms with Gasteiger partial charge >= 0.3 is 0 Å². The Morgan fingerprint density at radius 3 is 2.55 bits per heavy atom. The number of phenols is 1. The van der Waals surface area contributed by atoms with Crippen molar-refractivity contribution in [1.82, 2.24) is 0 Å². The normalized spacial score (nSPS) is 10.1. The highest BCUT2D eigenvalue weighted by Crippen LogP contribution is 2.39. The number of phenolic OH excluding ortho intramolecular Hbond substituents is 1. The van der Waals surface area contributed by atoms with Gasteiger partial charge < -0.3 is 14.6 Å². The van der Waals surface area contributed by atoms with Gasteiger partial charge in [0.25, 0.3) is 0 Å². The van der Waals surface area contributed by atoms with Crippen LogP contribution in [0, 0.1) is 6.92 Å². The van der Waals surface area contributed by atoms with Crippen molar-refractivity contribution >= 4 is 6.29 Å². The standard InChI is InChI=1S/C16H16O4/c1-11-14(19-2)8-13(9-17)15(18)16(11)20-10-12-6-4-3-5-7-12/h3-9,18H,10H2,1-2H3. The molecule has 0 saturated carbocycles. The largest absolute Gasteiger partial charge is 0.504 e. The molecule has 0 atom stereocenters. The maximum atomic E-state index is 11.0. The minimum atomic E-state index is -0.158. The zero-order chi connectivity index (χ0) is 14.5. The predicted octanol–water partition coefficient (Wildman–Crippen LogP) is 3.10. The molecule has 0 radical (unpaired) electrons. The van der Waals surface area contributed by atoms with Crippen molar-refractivity contribution in [2.45, 2.75) is 13.5 Å². The summed E-state index contributed by atoms with van der Waals surface area (Å²) in [5.41, 5.74) is 1.78. The molecular formula is C16H16O4. The molecule has 1 N–H and O–H groups in total. The molecule has 0 aromatic heterocycles. The summed E-state index contributed by atoms with van der Waals surface area (Å²) in [6.07, 6.45) is 0.576. The molecule has 0 saturated heterocycles. The Balaban J connectivity index is 2.32. The maximum Gasteiger partial charge on any atom is 0.168 e. The molecule has 0 fully saturated rings. The van der Waals surface area contributed by atoms with Crippen LogP contribution < -0.4 is 9.47 Å². The molecule has 2 rings (SSSR count). The molecule has 0 spiro atoms. The second-order valence-electron chi connectivity index (χ2n) is 4.36. The Kier molecular flexibility index (Phi) is 4.25. The minimum Gasteiger partial charge on any atom is -0.504 e. The lowest BCUT2D eigenvalue weighted by atomic mass is 10.1. The van der Waals surface area contributed by atoms with Crippen LogP contribution in [-0.2, 0) is 6.61 Å². The van der Waals surface area contributed by atoms with E-state index in [-0.39, 0.29) is 17.1 Å². The van der Waals surface area contributed by atoms with Gasteiger partial charge in [0.1, 0.15) is 12.4 Å². The van der Waals surface area contributed by atoms with Crippen molar-refractivity contribution in [3.63, 3.8) is 0 Å². The summed E-state index contributed by atoms with van der Waals surface area (Å²) in [6.45, 7) is 2.08. The van der Waals surface area contributed by atoms with E-state index >= 15 is 0 Å². The van der Waals surface area contributed by atoms with Crippen molar-refractivity contribution in [3.8, 4) is 17.2 Å². The lowest BCUT2D eigenvalue weighted by molar-refractivity contribution is 0.111. The average molecular weight is 272 g/mol.